The Balaban J connectivity index is 2.12. The van der Waals surface area contributed by atoms with E-state index in [4.69, 9.17) is 9.84 Å². The average molecular weight is 394 g/mol. The fourth-order valence-corrected chi connectivity index (χ4v) is 3.27. The Labute approximate surface area is 155 Å². The number of sulfonamides is 1. The number of carbonyl (C=O) groups is 2. The van der Waals surface area contributed by atoms with Gasteiger partial charge in [-0.25, -0.2) is 27.9 Å². The summed E-state index contributed by atoms with van der Waals surface area (Å²) in [7, 11) is -2.10. The van der Waals surface area contributed by atoms with E-state index in [9.17, 15) is 18.0 Å². The van der Waals surface area contributed by atoms with Crippen molar-refractivity contribution in [3.63, 3.8) is 0 Å². The molecule has 11 heteroatoms. The number of carbonyl (C=O) groups excluding carboxylic acids is 1. The van der Waals surface area contributed by atoms with Crippen LogP contribution in [0, 0.1) is 0 Å². The Morgan fingerprint density at radius 1 is 1.19 bits per heavy atom. The molecule has 0 saturated carbocycles. The zero-order valence-electron chi connectivity index (χ0n) is 14.4. The number of amides is 1. The van der Waals surface area contributed by atoms with E-state index < -0.39 is 27.6 Å². The van der Waals surface area contributed by atoms with Crippen LogP contribution in [0.4, 0.5) is 5.69 Å². The van der Waals surface area contributed by atoms with E-state index in [1.54, 1.807) is 18.2 Å². The molecule has 144 valence electrons. The largest absolute Gasteiger partial charge is 0.476 e. The second-order valence-electron chi connectivity index (χ2n) is 5.36. The van der Waals surface area contributed by atoms with Crippen LogP contribution in [-0.4, -0.2) is 55.6 Å². The van der Waals surface area contributed by atoms with E-state index in [0.29, 0.717) is 11.3 Å². The number of nitrogens with one attached hydrogen (secondary N) is 2. The van der Waals surface area contributed by atoms with Gasteiger partial charge in [0, 0.05) is 31.7 Å². The summed E-state index contributed by atoms with van der Waals surface area (Å²) < 4.78 is 31.2. The zero-order chi connectivity index (χ0) is 19.9. The molecule has 10 nitrogen and oxygen atoms in total. The minimum absolute atomic E-state index is 0.153. The van der Waals surface area contributed by atoms with Crippen molar-refractivity contribution >= 4 is 27.6 Å². The monoisotopic (exact) mass is 394 g/mol. The smallest absolute Gasteiger partial charge is 0.356 e. The highest BCUT2D eigenvalue weighted by Crippen LogP contribution is 2.14. The number of hydrogen-bond acceptors (Lipinski definition) is 7. The molecule has 1 heterocycles. The van der Waals surface area contributed by atoms with Gasteiger partial charge in [0.25, 0.3) is 5.91 Å². The van der Waals surface area contributed by atoms with Crippen molar-refractivity contribution in [2.75, 3.05) is 25.6 Å². The van der Waals surface area contributed by atoms with Crippen molar-refractivity contribution in [1.29, 1.82) is 0 Å². The maximum atomic E-state index is 12.3. The molecule has 2 rings (SSSR count). The molecule has 1 aromatic carbocycles. The first-order valence-corrected chi connectivity index (χ1v) is 9.38. The predicted octanol–water partition coefficient (Wildman–Crippen LogP) is 0.493. The van der Waals surface area contributed by atoms with Gasteiger partial charge in [0.05, 0.1) is 12.4 Å². The second-order valence-corrected chi connectivity index (χ2v) is 7.17. The van der Waals surface area contributed by atoms with Gasteiger partial charge < -0.3 is 15.2 Å². The van der Waals surface area contributed by atoms with E-state index >= 15 is 0 Å². The number of nitrogens with zero attached hydrogens (tertiary/aromatic N) is 2. The topological polar surface area (TPSA) is 148 Å². The van der Waals surface area contributed by atoms with Crippen molar-refractivity contribution in [1.82, 2.24) is 14.7 Å². The summed E-state index contributed by atoms with van der Waals surface area (Å²) in [6, 6.07) is 6.19. The van der Waals surface area contributed by atoms with Crippen LogP contribution in [0.25, 0.3) is 0 Å². The molecule has 2 aromatic rings. The van der Waals surface area contributed by atoms with Crippen LogP contribution in [0.15, 0.2) is 36.7 Å². The average Bonchev–Trinajstić information content (AvgIpc) is 2.61. The van der Waals surface area contributed by atoms with Crippen molar-refractivity contribution in [2.45, 2.75) is 5.75 Å². The van der Waals surface area contributed by atoms with E-state index in [1.807, 2.05) is 0 Å². The molecule has 0 atom stereocenters. The van der Waals surface area contributed by atoms with Crippen molar-refractivity contribution in [3.8, 4) is 0 Å². The van der Waals surface area contributed by atoms with Gasteiger partial charge >= 0.3 is 5.97 Å². The quantitative estimate of drug-likeness (QED) is 0.521. The fraction of sp³-hybridized carbons (Fsp3) is 0.250. The van der Waals surface area contributed by atoms with Gasteiger partial charge in [-0.2, -0.15) is 0 Å². The van der Waals surface area contributed by atoms with Gasteiger partial charge in [-0.3, -0.25) is 4.79 Å². The summed E-state index contributed by atoms with van der Waals surface area (Å²) >= 11 is 0. The molecule has 3 N–H and O–H groups in total. The molecular weight excluding hydrogens is 376 g/mol. The molecule has 0 aliphatic carbocycles. The maximum absolute atomic E-state index is 12.3. The molecule has 0 unspecified atom stereocenters. The summed E-state index contributed by atoms with van der Waals surface area (Å²) in [5.74, 6) is -2.43. The number of aromatic carboxylic acids is 1. The van der Waals surface area contributed by atoms with Crippen LogP contribution in [-0.2, 0) is 20.5 Å². The Bertz CT molecular complexity index is 932. The van der Waals surface area contributed by atoms with Crippen LogP contribution in [0.5, 0.6) is 0 Å². The lowest BCUT2D eigenvalue weighted by Gasteiger charge is -2.09. The highest BCUT2D eigenvalue weighted by Gasteiger charge is 2.19. The lowest BCUT2D eigenvalue weighted by Crippen LogP contribution is -2.28. The highest BCUT2D eigenvalue weighted by molar-refractivity contribution is 7.88. The summed E-state index contributed by atoms with van der Waals surface area (Å²) in [4.78, 5) is 30.8. The standard InChI is InChI=1S/C16H18N4O6S/c1-26-8-7-19-27(24,25)10-11-3-2-4-12(9-11)20-15(21)13-14(16(22)23)18-6-5-17-13/h2-6,9,19H,7-8,10H2,1H3,(H,20,21)(H,22,23). The number of benzene rings is 1. The molecule has 0 aliphatic rings. The summed E-state index contributed by atoms with van der Waals surface area (Å²) in [5.41, 5.74) is -0.0813. The Kier molecular flexibility index (Phi) is 6.93. The number of anilines is 1. The Morgan fingerprint density at radius 2 is 1.89 bits per heavy atom. The van der Waals surface area contributed by atoms with Gasteiger partial charge in [-0.05, 0) is 17.7 Å². The van der Waals surface area contributed by atoms with Gasteiger partial charge in [0.15, 0.2) is 11.4 Å². The zero-order valence-corrected chi connectivity index (χ0v) is 15.2. The van der Waals surface area contributed by atoms with Crippen molar-refractivity contribution in [3.05, 3.63) is 53.6 Å². The highest BCUT2D eigenvalue weighted by atomic mass is 32.2. The minimum atomic E-state index is -3.56. The molecule has 0 radical (unpaired) electrons. The van der Waals surface area contributed by atoms with Crippen LogP contribution in [0.2, 0.25) is 0 Å². The molecular formula is C16H18N4O6S. The SMILES string of the molecule is COCCNS(=O)(=O)Cc1cccc(NC(=O)c2nccnc2C(=O)O)c1. The van der Waals surface area contributed by atoms with Crippen LogP contribution < -0.4 is 10.0 Å². The fourth-order valence-electron chi connectivity index (χ4n) is 2.16. The van der Waals surface area contributed by atoms with Gasteiger partial charge in [0.2, 0.25) is 10.0 Å². The molecule has 0 saturated heterocycles. The second kappa shape index (κ2) is 9.16. The van der Waals surface area contributed by atoms with Crippen molar-refractivity contribution < 1.29 is 27.9 Å². The molecule has 1 aromatic heterocycles. The van der Waals surface area contributed by atoms with Gasteiger partial charge in [0.1, 0.15) is 0 Å². The van der Waals surface area contributed by atoms with Gasteiger partial charge in [-0.1, -0.05) is 12.1 Å². The third kappa shape index (κ3) is 6.09. The van der Waals surface area contributed by atoms with Gasteiger partial charge in [-0.15, -0.1) is 0 Å². The van der Waals surface area contributed by atoms with Crippen LogP contribution in [0.3, 0.4) is 0 Å². The number of rotatable bonds is 9. The first-order chi connectivity index (χ1) is 12.8. The van der Waals surface area contributed by atoms with Crippen LogP contribution >= 0.6 is 0 Å². The molecule has 1 amide bonds. The molecule has 0 fully saturated rings. The van der Waals surface area contributed by atoms with Crippen LogP contribution in [0.1, 0.15) is 26.5 Å². The number of methoxy groups -OCH3 is 1. The lowest BCUT2D eigenvalue weighted by atomic mass is 10.2. The number of ether oxygens (including phenoxy) is 1. The first-order valence-electron chi connectivity index (χ1n) is 7.73. The summed E-state index contributed by atoms with van der Waals surface area (Å²) in [6.45, 7) is 0.402. The van der Waals surface area contributed by atoms with E-state index in [2.05, 4.69) is 20.0 Å². The Hall–Kier alpha value is -2.89. The predicted molar refractivity (Wildman–Crippen MR) is 95.9 cm³/mol. The van der Waals surface area contributed by atoms with E-state index in [0.717, 1.165) is 0 Å². The summed E-state index contributed by atoms with van der Waals surface area (Å²) in [6.07, 6.45) is 2.37. The molecule has 27 heavy (non-hydrogen) atoms. The van der Waals surface area contributed by atoms with E-state index in [1.165, 1.54) is 25.6 Å². The maximum Gasteiger partial charge on any atom is 0.356 e. The third-order valence-corrected chi connectivity index (χ3v) is 4.64. The number of carboxylic acids is 1. The minimum Gasteiger partial charge on any atom is -0.476 e. The lowest BCUT2D eigenvalue weighted by molar-refractivity contribution is 0.0685. The molecule has 0 aliphatic heterocycles. The number of hydrogen-bond donors (Lipinski definition) is 3. The molecule has 0 spiro atoms. The first kappa shape index (κ1) is 20.4. The number of carboxylic acid groups (broad SMARTS) is 1. The third-order valence-electron chi connectivity index (χ3n) is 3.29. The number of aromatic nitrogens is 2. The summed E-state index contributed by atoms with van der Waals surface area (Å²) in [5, 5.41) is 11.6. The van der Waals surface area contributed by atoms with Crippen molar-refractivity contribution in [2.24, 2.45) is 0 Å². The molecule has 0 bridgehead atoms. The van der Waals surface area contributed by atoms with E-state index in [-0.39, 0.29) is 24.6 Å². The Morgan fingerprint density at radius 3 is 2.56 bits per heavy atom. The normalized spacial score (nSPS) is 11.1.